The van der Waals surface area contributed by atoms with Gasteiger partial charge in [0.2, 0.25) is 0 Å². The standard InChI is InChI=1S/C18H22ClN3S/c1-14-9-10-15(13-17(14)19)21-18(23)20-11-6-12-22(2)16-7-4-3-5-8-16/h3-5,7-10,13H,6,11-12H2,1-2H3,(H2,20,21,23). The average Bonchev–Trinajstić information content (AvgIpc) is 2.55. The Morgan fingerprint density at radius 3 is 2.61 bits per heavy atom. The lowest BCUT2D eigenvalue weighted by Gasteiger charge is -2.19. The minimum Gasteiger partial charge on any atom is -0.375 e. The molecule has 23 heavy (non-hydrogen) atoms. The van der Waals surface area contributed by atoms with Crippen LogP contribution >= 0.6 is 23.8 Å². The number of anilines is 2. The molecule has 0 aromatic heterocycles. The fourth-order valence-corrected chi connectivity index (χ4v) is 2.58. The Morgan fingerprint density at radius 2 is 1.91 bits per heavy atom. The Balaban J connectivity index is 1.69. The molecule has 0 saturated carbocycles. The van der Waals surface area contributed by atoms with E-state index in [-0.39, 0.29) is 0 Å². The number of aryl methyl sites for hydroxylation is 1. The van der Waals surface area contributed by atoms with Gasteiger partial charge in [-0.1, -0.05) is 35.9 Å². The Morgan fingerprint density at radius 1 is 1.17 bits per heavy atom. The van der Waals surface area contributed by atoms with Crippen LogP contribution in [0.2, 0.25) is 5.02 Å². The highest BCUT2D eigenvalue weighted by atomic mass is 35.5. The van der Waals surface area contributed by atoms with Crippen molar-refractivity contribution in [2.75, 3.05) is 30.4 Å². The summed E-state index contributed by atoms with van der Waals surface area (Å²) < 4.78 is 0. The summed E-state index contributed by atoms with van der Waals surface area (Å²) in [5.74, 6) is 0. The molecule has 0 unspecified atom stereocenters. The molecular weight excluding hydrogens is 326 g/mol. The van der Waals surface area contributed by atoms with E-state index in [1.165, 1.54) is 5.69 Å². The van der Waals surface area contributed by atoms with Crippen LogP contribution in [0.4, 0.5) is 11.4 Å². The second kappa shape index (κ2) is 8.75. The van der Waals surface area contributed by atoms with E-state index in [9.17, 15) is 0 Å². The first-order valence-electron chi connectivity index (χ1n) is 7.63. The van der Waals surface area contributed by atoms with E-state index in [1.54, 1.807) is 0 Å². The Labute approximate surface area is 148 Å². The predicted molar refractivity (Wildman–Crippen MR) is 105 cm³/mol. The molecule has 0 atom stereocenters. The molecule has 0 amide bonds. The lowest BCUT2D eigenvalue weighted by molar-refractivity contribution is 0.755. The van der Waals surface area contributed by atoms with E-state index in [2.05, 4.69) is 46.8 Å². The van der Waals surface area contributed by atoms with Crippen molar-refractivity contribution in [2.45, 2.75) is 13.3 Å². The van der Waals surface area contributed by atoms with Crippen LogP contribution < -0.4 is 15.5 Å². The Kier molecular flexibility index (Phi) is 6.68. The van der Waals surface area contributed by atoms with Gasteiger partial charge < -0.3 is 15.5 Å². The highest BCUT2D eigenvalue weighted by molar-refractivity contribution is 7.80. The summed E-state index contributed by atoms with van der Waals surface area (Å²) in [6.07, 6.45) is 1.00. The van der Waals surface area contributed by atoms with Crippen LogP contribution in [0, 0.1) is 6.92 Å². The second-order valence-corrected chi connectivity index (χ2v) is 6.27. The molecule has 0 fully saturated rings. The third kappa shape index (κ3) is 5.73. The zero-order valence-electron chi connectivity index (χ0n) is 13.5. The van der Waals surface area contributed by atoms with E-state index >= 15 is 0 Å². The van der Waals surface area contributed by atoms with Crippen molar-refractivity contribution in [1.29, 1.82) is 0 Å². The predicted octanol–water partition coefficient (Wildman–Crippen LogP) is 4.46. The van der Waals surface area contributed by atoms with Gasteiger partial charge in [-0.05, 0) is 55.4 Å². The van der Waals surface area contributed by atoms with Crippen LogP contribution in [0.1, 0.15) is 12.0 Å². The summed E-state index contributed by atoms with van der Waals surface area (Å²) in [7, 11) is 2.10. The van der Waals surface area contributed by atoms with E-state index in [4.69, 9.17) is 23.8 Å². The molecular formula is C18H22ClN3S. The number of benzene rings is 2. The van der Waals surface area contributed by atoms with Crippen LogP contribution in [0.15, 0.2) is 48.5 Å². The summed E-state index contributed by atoms with van der Waals surface area (Å²) in [6.45, 7) is 3.77. The summed E-state index contributed by atoms with van der Waals surface area (Å²) >= 11 is 11.4. The van der Waals surface area contributed by atoms with Crippen molar-refractivity contribution in [1.82, 2.24) is 5.32 Å². The van der Waals surface area contributed by atoms with Gasteiger partial charge in [0, 0.05) is 36.5 Å². The molecule has 0 heterocycles. The molecule has 3 nitrogen and oxygen atoms in total. The monoisotopic (exact) mass is 347 g/mol. The molecule has 5 heteroatoms. The molecule has 0 aliphatic carbocycles. The number of hydrogen-bond donors (Lipinski definition) is 2. The Hall–Kier alpha value is -1.78. The van der Waals surface area contributed by atoms with E-state index < -0.39 is 0 Å². The third-order valence-electron chi connectivity index (χ3n) is 3.58. The molecule has 0 radical (unpaired) electrons. The van der Waals surface area contributed by atoms with Crippen LogP contribution in [0.5, 0.6) is 0 Å². The molecule has 2 rings (SSSR count). The summed E-state index contributed by atoms with van der Waals surface area (Å²) in [4.78, 5) is 2.23. The zero-order valence-corrected chi connectivity index (χ0v) is 15.0. The topological polar surface area (TPSA) is 27.3 Å². The van der Waals surface area contributed by atoms with Gasteiger partial charge in [-0.3, -0.25) is 0 Å². The smallest absolute Gasteiger partial charge is 0.170 e. The second-order valence-electron chi connectivity index (χ2n) is 5.46. The van der Waals surface area contributed by atoms with Gasteiger partial charge in [-0.2, -0.15) is 0 Å². The molecule has 2 aromatic rings. The van der Waals surface area contributed by atoms with Crippen molar-refractivity contribution in [3.63, 3.8) is 0 Å². The van der Waals surface area contributed by atoms with Crippen LogP contribution in [0.25, 0.3) is 0 Å². The maximum atomic E-state index is 6.11. The first kappa shape index (κ1) is 17.6. The number of rotatable bonds is 6. The molecule has 0 aliphatic heterocycles. The van der Waals surface area contributed by atoms with Crippen LogP contribution in [0.3, 0.4) is 0 Å². The number of nitrogens with zero attached hydrogens (tertiary/aromatic N) is 1. The number of hydrogen-bond acceptors (Lipinski definition) is 2. The SMILES string of the molecule is Cc1ccc(NC(=S)NCCCN(C)c2ccccc2)cc1Cl. The molecule has 0 spiro atoms. The molecule has 2 aromatic carbocycles. The van der Waals surface area contributed by atoms with Gasteiger partial charge in [0.25, 0.3) is 0 Å². The number of halogens is 1. The van der Waals surface area contributed by atoms with Gasteiger partial charge in [0.05, 0.1) is 0 Å². The van der Waals surface area contributed by atoms with Crippen molar-refractivity contribution in [2.24, 2.45) is 0 Å². The van der Waals surface area contributed by atoms with Crippen LogP contribution in [-0.4, -0.2) is 25.2 Å². The fraction of sp³-hybridized carbons (Fsp3) is 0.278. The summed E-state index contributed by atoms with van der Waals surface area (Å²) in [5.41, 5.74) is 3.18. The minimum atomic E-state index is 0.618. The van der Waals surface area contributed by atoms with E-state index in [1.807, 2.05) is 31.2 Å². The maximum absolute atomic E-state index is 6.11. The number of nitrogens with one attached hydrogen (secondary N) is 2. The zero-order chi connectivity index (χ0) is 16.7. The Bertz CT molecular complexity index is 646. The average molecular weight is 348 g/mol. The van der Waals surface area contributed by atoms with Crippen LogP contribution in [-0.2, 0) is 0 Å². The van der Waals surface area contributed by atoms with Crippen molar-refractivity contribution in [3.05, 3.63) is 59.1 Å². The van der Waals surface area contributed by atoms with Crippen molar-refractivity contribution >= 4 is 40.3 Å². The first-order valence-corrected chi connectivity index (χ1v) is 8.42. The maximum Gasteiger partial charge on any atom is 0.170 e. The van der Waals surface area contributed by atoms with Gasteiger partial charge in [0.1, 0.15) is 0 Å². The number of para-hydroxylation sites is 1. The normalized spacial score (nSPS) is 10.2. The quantitative estimate of drug-likeness (QED) is 0.596. The highest BCUT2D eigenvalue weighted by Crippen LogP contribution is 2.19. The lowest BCUT2D eigenvalue weighted by Crippen LogP contribution is -2.31. The van der Waals surface area contributed by atoms with Gasteiger partial charge in [-0.15, -0.1) is 0 Å². The lowest BCUT2D eigenvalue weighted by atomic mass is 10.2. The molecule has 2 N–H and O–H groups in total. The first-order chi connectivity index (χ1) is 11.1. The molecule has 122 valence electrons. The van der Waals surface area contributed by atoms with Gasteiger partial charge in [0.15, 0.2) is 5.11 Å². The molecule has 0 bridgehead atoms. The van der Waals surface area contributed by atoms with Gasteiger partial charge >= 0.3 is 0 Å². The molecule has 0 aliphatic rings. The number of thiocarbonyl (C=S) groups is 1. The third-order valence-corrected chi connectivity index (χ3v) is 4.24. The summed E-state index contributed by atoms with van der Waals surface area (Å²) in [5, 5.41) is 7.73. The highest BCUT2D eigenvalue weighted by Gasteiger charge is 2.02. The van der Waals surface area contributed by atoms with E-state index in [0.717, 1.165) is 35.8 Å². The van der Waals surface area contributed by atoms with Gasteiger partial charge in [-0.25, -0.2) is 0 Å². The largest absolute Gasteiger partial charge is 0.375 e. The summed E-state index contributed by atoms with van der Waals surface area (Å²) in [6, 6.07) is 16.2. The van der Waals surface area contributed by atoms with E-state index in [0.29, 0.717) is 5.11 Å². The van der Waals surface area contributed by atoms with Crippen molar-refractivity contribution in [3.8, 4) is 0 Å². The minimum absolute atomic E-state index is 0.618. The fourth-order valence-electron chi connectivity index (χ4n) is 2.18. The van der Waals surface area contributed by atoms with Crippen molar-refractivity contribution < 1.29 is 0 Å². The molecule has 0 saturated heterocycles.